The van der Waals surface area contributed by atoms with Crippen molar-refractivity contribution in [1.29, 1.82) is 0 Å². The highest BCUT2D eigenvalue weighted by Crippen LogP contribution is 2.29. The van der Waals surface area contributed by atoms with Crippen LogP contribution in [0.5, 0.6) is 0 Å². The Bertz CT molecular complexity index is 619. The number of anilines is 1. The molecule has 1 aliphatic rings. The zero-order valence-electron chi connectivity index (χ0n) is 10.3. The fourth-order valence-electron chi connectivity index (χ4n) is 2.18. The second-order valence-corrected chi connectivity index (χ2v) is 5.37. The monoisotopic (exact) mass is 304 g/mol. The second kappa shape index (κ2) is 4.70. The van der Waals surface area contributed by atoms with Crippen molar-refractivity contribution in [2.24, 2.45) is 0 Å². The maximum Gasteiger partial charge on any atom is 0.451 e. The van der Waals surface area contributed by atoms with Crippen LogP contribution < -0.4 is 5.73 Å². The third-order valence-corrected chi connectivity index (χ3v) is 3.76. The first-order chi connectivity index (χ1) is 9.43. The molecule has 0 spiro atoms. The average Bonchev–Trinajstić information content (AvgIpc) is 2.94. The normalized spacial score (nSPS) is 16.4. The van der Waals surface area contributed by atoms with Gasteiger partial charge in [0.05, 0.1) is 12.2 Å². The molecule has 1 aliphatic heterocycles. The minimum atomic E-state index is -4.46. The lowest BCUT2D eigenvalue weighted by atomic mass is 10.3. The van der Waals surface area contributed by atoms with E-state index < -0.39 is 12.0 Å². The number of hydrogen-bond acceptors (Lipinski definition) is 6. The van der Waals surface area contributed by atoms with Gasteiger partial charge >= 0.3 is 6.18 Å². The van der Waals surface area contributed by atoms with E-state index in [4.69, 9.17) is 5.73 Å². The molecule has 0 aliphatic carbocycles. The maximum atomic E-state index is 12.7. The number of nitrogen functional groups attached to an aromatic ring is 1. The number of hydrogen-bond donors (Lipinski definition) is 1. The van der Waals surface area contributed by atoms with Crippen LogP contribution in [0.15, 0.2) is 5.38 Å². The topological polar surface area (TPSA) is 72.9 Å². The van der Waals surface area contributed by atoms with Gasteiger partial charge < -0.3 is 10.3 Å². The van der Waals surface area contributed by atoms with E-state index in [0.29, 0.717) is 30.6 Å². The first-order valence-corrected chi connectivity index (χ1v) is 6.73. The third-order valence-electron chi connectivity index (χ3n) is 3.04. The van der Waals surface area contributed by atoms with Gasteiger partial charge in [0.25, 0.3) is 0 Å². The van der Waals surface area contributed by atoms with Gasteiger partial charge in [0, 0.05) is 25.0 Å². The molecule has 0 unspecified atom stereocenters. The van der Waals surface area contributed by atoms with Crippen molar-refractivity contribution in [2.75, 3.05) is 12.3 Å². The Kier molecular flexibility index (Phi) is 3.13. The van der Waals surface area contributed by atoms with Crippen molar-refractivity contribution >= 4 is 16.5 Å². The predicted octanol–water partition coefficient (Wildman–Crippen LogP) is 1.35. The molecule has 20 heavy (non-hydrogen) atoms. The molecule has 6 nitrogen and oxygen atoms in total. The number of halogens is 3. The summed E-state index contributed by atoms with van der Waals surface area (Å²) in [6.45, 7) is 1.57. The fourth-order valence-corrected chi connectivity index (χ4v) is 2.73. The largest absolute Gasteiger partial charge is 0.451 e. The minimum Gasteiger partial charge on any atom is -0.375 e. The van der Waals surface area contributed by atoms with Crippen molar-refractivity contribution in [3.05, 3.63) is 22.7 Å². The van der Waals surface area contributed by atoms with Crippen LogP contribution >= 0.6 is 11.3 Å². The Labute approximate surface area is 116 Å². The smallest absolute Gasteiger partial charge is 0.375 e. The van der Waals surface area contributed by atoms with Gasteiger partial charge in [-0.2, -0.15) is 13.2 Å². The lowest BCUT2D eigenvalue weighted by Gasteiger charge is -2.27. The summed E-state index contributed by atoms with van der Waals surface area (Å²) in [5.41, 5.74) is 6.37. The molecule has 0 aromatic carbocycles. The molecule has 0 saturated carbocycles. The highest BCUT2D eigenvalue weighted by molar-refractivity contribution is 7.13. The third kappa shape index (κ3) is 2.48. The van der Waals surface area contributed by atoms with Crippen LogP contribution in [0.2, 0.25) is 0 Å². The van der Waals surface area contributed by atoms with E-state index in [2.05, 4.69) is 15.2 Å². The second-order valence-electron chi connectivity index (χ2n) is 4.48. The van der Waals surface area contributed by atoms with E-state index >= 15 is 0 Å². The van der Waals surface area contributed by atoms with Gasteiger partial charge in [-0.1, -0.05) is 0 Å². The summed E-state index contributed by atoms with van der Waals surface area (Å²) in [7, 11) is 0. The molecule has 2 aromatic heterocycles. The van der Waals surface area contributed by atoms with Crippen LogP contribution in [0.4, 0.5) is 18.3 Å². The molecule has 10 heteroatoms. The van der Waals surface area contributed by atoms with Crippen LogP contribution in [0.25, 0.3) is 0 Å². The van der Waals surface area contributed by atoms with Crippen LogP contribution in [-0.4, -0.2) is 31.2 Å². The van der Waals surface area contributed by atoms with E-state index in [-0.39, 0.29) is 6.54 Å². The number of nitrogens with zero attached hydrogens (tertiary/aromatic N) is 5. The SMILES string of the molecule is Nc1nc(CN2CCn3c(nnc3C(F)(F)F)C2)cs1. The zero-order chi connectivity index (χ0) is 14.3. The summed E-state index contributed by atoms with van der Waals surface area (Å²) in [4.78, 5) is 6.11. The molecule has 0 radical (unpaired) electrons. The molecule has 0 fully saturated rings. The van der Waals surface area contributed by atoms with Gasteiger partial charge in [-0.25, -0.2) is 4.98 Å². The summed E-state index contributed by atoms with van der Waals surface area (Å²) in [6.07, 6.45) is -4.46. The first-order valence-electron chi connectivity index (χ1n) is 5.85. The number of alkyl halides is 3. The summed E-state index contributed by atoms with van der Waals surface area (Å²) < 4.78 is 39.2. The van der Waals surface area contributed by atoms with Crippen molar-refractivity contribution in [3.8, 4) is 0 Å². The Morgan fingerprint density at radius 3 is 2.75 bits per heavy atom. The molecule has 2 N–H and O–H groups in total. The number of nitrogens with two attached hydrogens (primary N) is 1. The Hall–Kier alpha value is -1.68. The highest BCUT2D eigenvalue weighted by Gasteiger charge is 2.39. The van der Waals surface area contributed by atoms with Gasteiger partial charge in [0.2, 0.25) is 5.82 Å². The zero-order valence-corrected chi connectivity index (χ0v) is 11.1. The number of fused-ring (bicyclic) bond motifs is 1. The minimum absolute atomic E-state index is 0.219. The van der Waals surface area contributed by atoms with Crippen molar-refractivity contribution < 1.29 is 13.2 Å². The van der Waals surface area contributed by atoms with E-state index in [9.17, 15) is 13.2 Å². The van der Waals surface area contributed by atoms with Gasteiger partial charge in [-0.15, -0.1) is 21.5 Å². The predicted molar refractivity (Wildman–Crippen MR) is 65.7 cm³/mol. The summed E-state index contributed by atoms with van der Waals surface area (Å²) in [5, 5.41) is 9.20. The fraction of sp³-hybridized carbons (Fsp3) is 0.500. The van der Waals surface area contributed by atoms with Crippen LogP contribution in [0.1, 0.15) is 17.3 Å². The number of rotatable bonds is 2. The van der Waals surface area contributed by atoms with E-state index in [1.807, 2.05) is 10.3 Å². The molecule has 0 saturated heterocycles. The van der Waals surface area contributed by atoms with Crippen molar-refractivity contribution in [2.45, 2.75) is 25.8 Å². The van der Waals surface area contributed by atoms with Gasteiger partial charge in [-0.3, -0.25) is 4.90 Å². The number of aromatic nitrogens is 4. The molecular formula is C10H11F3N6S. The molecular weight excluding hydrogens is 293 g/mol. The molecule has 0 atom stereocenters. The summed E-state index contributed by atoms with van der Waals surface area (Å²) in [5.74, 6) is -0.600. The Morgan fingerprint density at radius 1 is 1.30 bits per heavy atom. The van der Waals surface area contributed by atoms with Crippen LogP contribution in [0, 0.1) is 0 Å². The molecule has 2 aromatic rings. The highest BCUT2D eigenvalue weighted by atomic mass is 32.1. The Morgan fingerprint density at radius 2 is 2.10 bits per heavy atom. The summed E-state index contributed by atoms with van der Waals surface area (Å²) >= 11 is 1.34. The van der Waals surface area contributed by atoms with E-state index in [1.165, 1.54) is 11.3 Å². The number of thiazole rings is 1. The Balaban J connectivity index is 1.75. The average molecular weight is 304 g/mol. The van der Waals surface area contributed by atoms with E-state index in [0.717, 1.165) is 10.3 Å². The molecule has 3 rings (SSSR count). The molecule has 0 amide bonds. The quantitative estimate of drug-likeness (QED) is 0.906. The van der Waals surface area contributed by atoms with Gasteiger partial charge in [0.1, 0.15) is 5.82 Å². The molecule has 108 valence electrons. The van der Waals surface area contributed by atoms with Gasteiger partial charge in [-0.05, 0) is 0 Å². The van der Waals surface area contributed by atoms with Crippen LogP contribution in [-0.2, 0) is 25.8 Å². The first kappa shape index (κ1) is 13.3. The lowest BCUT2D eigenvalue weighted by Crippen LogP contribution is -2.35. The van der Waals surface area contributed by atoms with E-state index in [1.54, 1.807) is 0 Å². The standard InChI is InChI=1S/C10H11F3N6S/c11-10(12,13)8-17-16-7-4-18(1-2-19(7)8)3-6-5-20-9(14)15-6/h5H,1-4H2,(H2,14,15). The molecule has 3 heterocycles. The van der Waals surface area contributed by atoms with Gasteiger partial charge in [0.15, 0.2) is 5.13 Å². The van der Waals surface area contributed by atoms with Crippen LogP contribution in [0.3, 0.4) is 0 Å². The van der Waals surface area contributed by atoms with Crippen molar-refractivity contribution in [1.82, 2.24) is 24.6 Å². The lowest BCUT2D eigenvalue weighted by molar-refractivity contribution is -0.148. The summed E-state index contributed by atoms with van der Waals surface area (Å²) in [6, 6.07) is 0. The molecule has 0 bridgehead atoms. The van der Waals surface area contributed by atoms with Crippen molar-refractivity contribution in [3.63, 3.8) is 0 Å². The maximum absolute atomic E-state index is 12.7.